The Morgan fingerprint density at radius 2 is 1.65 bits per heavy atom. The Labute approximate surface area is 186 Å². The summed E-state index contributed by atoms with van der Waals surface area (Å²) in [5.41, 5.74) is 3.39. The fourth-order valence-electron chi connectivity index (χ4n) is 3.61. The van der Waals surface area contributed by atoms with Gasteiger partial charge in [0.2, 0.25) is 0 Å². The number of pyridine rings is 2. The zero-order valence-electron chi connectivity index (χ0n) is 17.1. The summed E-state index contributed by atoms with van der Waals surface area (Å²) >= 11 is 6.38. The lowest BCUT2D eigenvalue weighted by Crippen LogP contribution is -2.39. The minimum absolute atomic E-state index is 0.0891. The quantitative estimate of drug-likeness (QED) is 0.512. The van der Waals surface area contributed by atoms with Crippen LogP contribution in [0.1, 0.15) is 24.0 Å². The lowest BCUT2D eigenvalue weighted by atomic mass is 9.89. The van der Waals surface area contributed by atoms with E-state index in [9.17, 15) is 13.5 Å². The van der Waals surface area contributed by atoms with Gasteiger partial charge in [-0.05, 0) is 62.1 Å². The molecular formula is C22H23ClN4O3S. The van der Waals surface area contributed by atoms with Crippen LogP contribution in [0.2, 0.25) is 5.02 Å². The van der Waals surface area contributed by atoms with E-state index in [1.165, 1.54) is 12.1 Å². The van der Waals surface area contributed by atoms with Gasteiger partial charge in [0.15, 0.2) is 5.03 Å². The maximum absolute atomic E-state index is 12.9. The first-order valence-electron chi connectivity index (χ1n) is 9.90. The number of aliphatic hydroxyl groups excluding tert-OH is 1. The maximum atomic E-state index is 12.9. The first kappa shape index (κ1) is 21.5. The number of aromatic nitrogens is 2. The molecule has 1 fully saturated rings. The summed E-state index contributed by atoms with van der Waals surface area (Å²) in [5.74, 6) is 0.601. The van der Waals surface area contributed by atoms with E-state index in [2.05, 4.69) is 20.0 Å². The molecule has 1 aliphatic rings. The highest BCUT2D eigenvalue weighted by atomic mass is 35.5. The van der Waals surface area contributed by atoms with Crippen LogP contribution in [0.3, 0.4) is 0 Å². The number of hydrogen-bond acceptors (Lipinski definition) is 6. The third kappa shape index (κ3) is 4.66. The van der Waals surface area contributed by atoms with Gasteiger partial charge in [-0.15, -0.1) is 0 Å². The molecule has 9 heteroatoms. The fraction of sp³-hybridized carbons (Fsp3) is 0.273. The highest BCUT2D eigenvalue weighted by molar-refractivity contribution is 7.92. The normalized spacial score (nSPS) is 18.3. The SMILES string of the molecule is Cc1cccc(C)c1-c1nc(NS(=O)(=O)c2cccc(N[C@H]3C[C@@H](O)C3)n2)ccc1Cl. The molecule has 0 spiro atoms. The second kappa shape index (κ2) is 8.45. The van der Waals surface area contributed by atoms with Crippen LogP contribution in [-0.2, 0) is 10.0 Å². The number of aliphatic hydroxyl groups is 1. The van der Waals surface area contributed by atoms with E-state index >= 15 is 0 Å². The van der Waals surface area contributed by atoms with Gasteiger partial charge in [-0.3, -0.25) is 4.72 Å². The first-order chi connectivity index (χ1) is 14.7. The van der Waals surface area contributed by atoms with Gasteiger partial charge < -0.3 is 10.4 Å². The van der Waals surface area contributed by atoms with E-state index in [1.807, 2.05) is 32.0 Å². The molecule has 1 aromatic carbocycles. The lowest BCUT2D eigenvalue weighted by Gasteiger charge is -2.32. The molecule has 162 valence electrons. The summed E-state index contributed by atoms with van der Waals surface area (Å²) < 4.78 is 28.4. The molecule has 4 rings (SSSR count). The molecule has 0 bridgehead atoms. The van der Waals surface area contributed by atoms with Crippen molar-refractivity contribution in [1.82, 2.24) is 9.97 Å². The van der Waals surface area contributed by atoms with Crippen LogP contribution in [0.4, 0.5) is 11.6 Å². The number of anilines is 2. The minimum atomic E-state index is -3.96. The zero-order chi connectivity index (χ0) is 22.2. The van der Waals surface area contributed by atoms with Crippen LogP contribution < -0.4 is 10.0 Å². The van der Waals surface area contributed by atoms with Gasteiger partial charge in [0.25, 0.3) is 10.0 Å². The Balaban J connectivity index is 1.60. The molecule has 0 radical (unpaired) electrons. The molecule has 31 heavy (non-hydrogen) atoms. The molecule has 0 saturated heterocycles. The molecule has 3 N–H and O–H groups in total. The number of hydrogen-bond donors (Lipinski definition) is 3. The molecule has 7 nitrogen and oxygen atoms in total. The smallest absolute Gasteiger partial charge is 0.280 e. The largest absolute Gasteiger partial charge is 0.393 e. The van der Waals surface area contributed by atoms with Crippen molar-refractivity contribution in [1.29, 1.82) is 0 Å². The van der Waals surface area contributed by atoms with Crippen molar-refractivity contribution < 1.29 is 13.5 Å². The Bertz CT molecular complexity index is 1210. The number of rotatable bonds is 6. The highest BCUT2D eigenvalue weighted by Crippen LogP contribution is 2.32. The second-order valence-corrected chi connectivity index (χ2v) is 9.76. The molecule has 1 aliphatic carbocycles. The molecule has 0 amide bonds. The standard InChI is InChI=1S/C22H23ClN4O3S/c1-13-5-3-6-14(2)21(13)22-17(23)9-10-19(26-22)27-31(29,30)20-8-4-7-18(25-20)24-15-11-16(28)12-15/h3-10,15-16,28H,11-12H2,1-2H3,(H,24,25)(H,26,27)/t15-,16+. The number of nitrogens with one attached hydrogen (secondary N) is 2. The van der Waals surface area contributed by atoms with Crippen molar-refractivity contribution in [3.8, 4) is 11.3 Å². The van der Waals surface area contributed by atoms with Crippen LogP contribution >= 0.6 is 11.6 Å². The molecule has 3 aromatic rings. The predicted molar refractivity (Wildman–Crippen MR) is 122 cm³/mol. The zero-order valence-corrected chi connectivity index (χ0v) is 18.7. The number of aryl methyl sites for hydroxylation is 2. The average Bonchev–Trinajstić information content (AvgIpc) is 2.69. The van der Waals surface area contributed by atoms with E-state index in [0.717, 1.165) is 16.7 Å². The Morgan fingerprint density at radius 1 is 0.968 bits per heavy atom. The van der Waals surface area contributed by atoms with Gasteiger partial charge >= 0.3 is 0 Å². The Hall–Kier alpha value is -2.68. The number of sulfonamides is 1. The van der Waals surface area contributed by atoms with Crippen molar-refractivity contribution >= 4 is 33.3 Å². The monoisotopic (exact) mass is 458 g/mol. The number of benzene rings is 1. The molecule has 1 saturated carbocycles. The van der Waals surface area contributed by atoms with Gasteiger partial charge in [0.05, 0.1) is 16.8 Å². The first-order valence-corrected chi connectivity index (χ1v) is 11.8. The summed E-state index contributed by atoms with van der Waals surface area (Å²) in [5, 5.41) is 12.9. The molecule has 0 unspecified atom stereocenters. The van der Waals surface area contributed by atoms with Crippen LogP contribution in [-0.4, -0.2) is 35.6 Å². The number of nitrogens with zero attached hydrogens (tertiary/aromatic N) is 2. The van der Waals surface area contributed by atoms with Crippen LogP contribution in [0, 0.1) is 13.8 Å². The third-order valence-electron chi connectivity index (χ3n) is 5.27. The number of halogens is 1. The van der Waals surface area contributed by atoms with Crippen LogP contribution in [0.25, 0.3) is 11.3 Å². The van der Waals surface area contributed by atoms with E-state index in [1.54, 1.807) is 18.2 Å². The Morgan fingerprint density at radius 3 is 2.32 bits per heavy atom. The fourth-order valence-corrected chi connectivity index (χ4v) is 4.78. The van der Waals surface area contributed by atoms with E-state index in [4.69, 9.17) is 11.6 Å². The molecule has 2 aromatic heterocycles. The van der Waals surface area contributed by atoms with Gasteiger partial charge in [0, 0.05) is 11.6 Å². The summed E-state index contributed by atoms with van der Waals surface area (Å²) in [6.45, 7) is 3.92. The van der Waals surface area contributed by atoms with Gasteiger partial charge in [-0.25, -0.2) is 9.97 Å². The average molecular weight is 459 g/mol. The van der Waals surface area contributed by atoms with Crippen LogP contribution in [0.5, 0.6) is 0 Å². The topological polar surface area (TPSA) is 104 Å². The lowest BCUT2D eigenvalue weighted by molar-refractivity contribution is 0.0835. The van der Waals surface area contributed by atoms with E-state index in [0.29, 0.717) is 29.4 Å². The maximum Gasteiger partial charge on any atom is 0.280 e. The molecule has 0 atom stereocenters. The van der Waals surface area contributed by atoms with Crippen molar-refractivity contribution in [2.75, 3.05) is 10.0 Å². The summed E-state index contributed by atoms with van der Waals surface area (Å²) in [4.78, 5) is 8.70. The van der Waals surface area contributed by atoms with Crippen molar-refractivity contribution in [3.05, 3.63) is 64.7 Å². The predicted octanol–water partition coefficient (Wildman–Crippen LogP) is 4.15. The van der Waals surface area contributed by atoms with Crippen molar-refractivity contribution in [2.24, 2.45) is 0 Å². The van der Waals surface area contributed by atoms with Gasteiger partial charge in [-0.1, -0.05) is 35.9 Å². The summed E-state index contributed by atoms with van der Waals surface area (Å²) in [6.07, 6.45) is 0.924. The third-order valence-corrected chi connectivity index (χ3v) is 6.83. The van der Waals surface area contributed by atoms with Crippen LogP contribution in [0.15, 0.2) is 53.6 Å². The molecule has 2 heterocycles. The van der Waals surface area contributed by atoms with E-state index in [-0.39, 0.29) is 23.0 Å². The van der Waals surface area contributed by atoms with Gasteiger partial charge in [0.1, 0.15) is 11.6 Å². The van der Waals surface area contributed by atoms with Crippen molar-refractivity contribution in [2.45, 2.75) is 43.9 Å². The summed E-state index contributed by atoms with van der Waals surface area (Å²) in [6, 6.07) is 13.8. The van der Waals surface area contributed by atoms with Gasteiger partial charge in [-0.2, -0.15) is 8.42 Å². The highest BCUT2D eigenvalue weighted by Gasteiger charge is 2.27. The van der Waals surface area contributed by atoms with E-state index < -0.39 is 10.0 Å². The minimum Gasteiger partial charge on any atom is -0.393 e. The van der Waals surface area contributed by atoms with Crippen molar-refractivity contribution in [3.63, 3.8) is 0 Å². The summed E-state index contributed by atoms with van der Waals surface area (Å²) in [7, 11) is -3.96. The Kier molecular flexibility index (Phi) is 5.88. The second-order valence-electron chi connectivity index (χ2n) is 7.73. The molecule has 0 aliphatic heterocycles. The molecular weight excluding hydrogens is 436 g/mol.